The van der Waals surface area contributed by atoms with Gasteiger partial charge in [-0.2, -0.15) is 5.10 Å². The zero-order valence-corrected chi connectivity index (χ0v) is 17.6. The van der Waals surface area contributed by atoms with E-state index in [0.29, 0.717) is 28.2 Å². The second-order valence-corrected chi connectivity index (χ2v) is 7.04. The Morgan fingerprint density at radius 2 is 1.74 bits per heavy atom. The molecule has 3 aromatic rings. The van der Waals surface area contributed by atoms with Crippen molar-refractivity contribution in [3.63, 3.8) is 0 Å². The number of nitrogens with one attached hydrogen (secondary N) is 2. The number of carbonyl (C=O) groups excluding carboxylic acids is 2. The fourth-order valence-electron chi connectivity index (χ4n) is 3.06. The summed E-state index contributed by atoms with van der Waals surface area (Å²) in [6.07, 6.45) is 2.74. The number of nitro groups is 1. The average molecular weight is 458 g/mol. The number of amides is 2. The molecule has 10 nitrogen and oxygen atoms in total. The van der Waals surface area contributed by atoms with Gasteiger partial charge in [0.25, 0.3) is 17.5 Å². The van der Waals surface area contributed by atoms with Gasteiger partial charge in [0.05, 0.1) is 11.1 Å². The van der Waals surface area contributed by atoms with E-state index < -0.39 is 16.7 Å². The second-order valence-electron chi connectivity index (χ2n) is 7.04. The number of nitrogens with zero attached hydrogens (tertiary/aromatic N) is 2. The molecule has 4 rings (SSSR count). The third-order valence-electron chi connectivity index (χ3n) is 4.70. The summed E-state index contributed by atoms with van der Waals surface area (Å²) in [6.45, 7) is 0.104. The van der Waals surface area contributed by atoms with Crippen molar-refractivity contribution in [1.29, 1.82) is 0 Å². The van der Waals surface area contributed by atoms with Crippen LogP contribution >= 0.6 is 0 Å². The van der Waals surface area contributed by atoms with Crippen LogP contribution in [0.1, 0.15) is 21.5 Å². The van der Waals surface area contributed by atoms with Crippen molar-refractivity contribution < 1.29 is 24.0 Å². The molecule has 0 atom stereocenters. The van der Waals surface area contributed by atoms with E-state index in [1.165, 1.54) is 30.5 Å². The summed E-state index contributed by atoms with van der Waals surface area (Å²) in [5, 5.41) is 17.4. The van der Waals surface area contributed by atoms with Gasteiger partial charge in [0, 0.05) is 23.3 Å². The molecule has 1 heterocycles. The van der Waals surface area contributed by atoms with E-state index >= 15 is 0 Å². The first-order chi connectivity index (χ1) is 16.5. The molecule has 0 unspecified atom stereocenters. The molecular weight excluding hydrogens is 440 g/mol. The highest BCUT2D eigenvalue weighted by Crippen LogP contribution is 2.33. The molecule has 0 bridgehead atoms. The number of hydrogen-bond donors (Lipinski definition) is 2. The van der Waals surface area contributed by atoms with Crippen LogP contribution in [-0.4, -0.2) is 29.7 Å². The molecule has 170 valence electrons. The highest BCUT2D eigenvalue weighted by atomic mass is 16.7. The van der Waals surface area contributed by atoms with Crippen LogP contribution in [0.25, 0.3) is 6.08 Å². The molecule has 10 heteroatoms. The van der Waals surface area contributed by atoms with Crippen molar-refractivity contribution in [2.45, 2.75) is 0 Å². The molecule has 34 heavy (non-hydrogen) atoms. The third-order valence-corrected chi connectivity index (χ3v) is 4.70. The van der Waals surface area contributed by atoms with Gasteiger partial charge in [-0.15, -0.1) is 0 Å². The number of rotatable bonds is 7. The van der Waals surface area contributed by atoms with Gasteiger partial charge in [-0.3, -0.25) is 19.7 Å². The maximum absolute atomic E-state index is 12.8. The van der Waals surface area contributed by atoms with Crippen LogP contribution in [0, 0.1) is 10.1 Å². The molecular formula is C24H18N4O6. The summed E-state index contributed by atoms with van der Waals surface area (Å²) in [6, 6.07) is 19.3. The van der Waals surface area contributed by atoms with E-state index in [9.17, 15) is 19.7 Å². The average Bonchev–Trinajstić information content (AvgIpc) is 3.32. The minimum Gasteiger partial charge on any atom is -0.454 e. The fraction of sp³-hybridized carbons (Fsp3) is 0.0417. The Hall–Kier alpha value is -4.99. The minimum atomic E-state index is -0.691. The van der Waals surface area contributed by atoms with Gasteiger partial charge in [0.1, 0.15) is 5.70 Å². The Balaban J connectivity index is 1.55. The number of carbonyl (C=O) groups is 2. The van der Waals surface area contributed by atoms with Crippen molar-refractivity contribution in [3.8, 4) is 11.5 Å². The van der Waals surface area contributed by atoms with E-state index in [2.05, 4.69) is 15.8 Å². The van der Waals surface area contributed by atoms with Crippen LogP contribution in [0.2, 0.25) is 0 Å². The van der Waals surface area contributed by atoms with Crippen LogP contribution in [0.4, 0.5) is 5.69 Å². The molecule has 1 aliphatic heterocycles. The van der Waals surface area contributed by atoms with Crippen molar-refractivity contribution in [2.24, 2.45) is 5.10 Å². The lowest BCUT2D eigenvalue weighted by Gasteiger charge is -2.09. The number of fused-ring (bicyclic) bond motifs is 1. The van der Waals surface area contributed by atoms with Crippen LogP contribution in [-0.2, 0) is 4.79 Å². The number of benzene rings is 3. The number of non-ortho nitro benzene ring substituents is 1. The Kier molecular flexibility index (Phi) is 6.59. The summed E-state index contributed by atoms with van der Waals surface area (Å²) in [5.74, 6) is -0.0707. The zero-order chi connectivity index (χ0) is 23.9. The standard InChI is InChI=1S/C24H18N4O6/c29-23(18-6-2-1-3-7-18)26-20(12-16-9-10-21-22(13-16)34-15-33-21)24(30)27-25-14-17-5-4-8-19(11-17)28(31)32/h1-14H,15H2,(H,26,29)(H,27,30). The maximum atomic E-state index is 12.8. The van der Waals surface area contributed by atoms with E-state index in [4.69, 9.17) is 9.47 Å². The lowest BCUT2D eigenvalue weighted by Crippen LogP contribution is -2.32. The van der Waals surface area contributed by atoms with Gasteiger partial charge < -0.3 is 14.8 Å². The number of hydrogen-bond acceptors (Lipinski definition) is 7. The molecule has 0 aliphatic carbocycles. The second kappa shape index (κ2) is 10.1. The van der Waals surface area contributed by atoms with Gasteiger partial charge in [-0.1, -0.05) is 36.4 Å². The summed E-state index contributed by atoms with van der Waals surface area (Å²) in [5.41, 5.74) is 3.54. The largest absolute Gasteiger partial charge is 0.454 e. The van der Waals surface area contributed by atoms with E-state index in [1.807, 2.05) is 0 Å². The molecule has 0 fully saturated rings. The molecule has 3 aromatic carbocycles. The molecule has 2 N–H and O–H groups in total. The highest BCUT2D eigenvalue weighted by molar-refractivity contribution is 6.05. The maximum Gasteiger partial charge on any atom is 0.287 e. The monoisotopic (exact) mass is 458 g/mol. The molecule has 1 aliphatic rings. The minimum absolute atomic E-state index is 0.0658. The van der Waals surface area contributed by atoms with Crippen molar-refractivity contribution in [3.05, 3.63) is 105 Å². The van der Waals surface area contributed by atoms with Gasteiger partial charge in [0.15, 0.2) is 11.5 Å². The van der Waals surface area contributed by atoms with E-state index in [0.717, 1.165) is 0 Å². The molecule has 2 amide bonds. The van der Waals surface area contributed by atoms with Crippen LogP contribution < -0.4 is 20.2 Å². The predicted molar refractivity (Wildman–Crippen MR) is 123 cm³/mol. The van der Waals surface area contributed by atoms with Gasteiger partial charge >= 0.3 is 0 Å². The molecule has 0 saturated heterocycles. The first kappa shape index (κ1) is 22.2. The van der Waals surface area contributed by atoms with Crippen molar-refractivity contribution >= 4 is 29.8 Å². The third kappa shape index (κ3) is 5.43. The molecule has 0 spiro atoms. The fourth-order valence-corrected chi connectivity index (χ4v) is 3.06. The number of ether oxygens (including phenoxy) is 2. The summed E-state index contributed by atoms with van der Waals surface area (Å²) >= 11 is 0. The van der Waals surface area contributed by atoms with Crippen molar-refractivity contribution in [1.82, 2.24) is 10.7 Å². The summed E-state index contributed by atoms with van der Waals surface area (Å²) < 4.78 is 10.7. The Bertz CT molecular complexity index is 1300. The van der Waals surface area contributed by atoms with Gasteiger partial charge in [-0.05, 0) is 35.9 Å². The quantitative estimate of drug-likeness (QED) is 0.242. The number of nitro benzene ring substituents is 1. The lowest BCUT2D eigenvalue weighted by molar-refractivity contribution is -0.384. The first-order valence-electron chi connectivity index (χ1n) is 10.1. The lowest BCUT2D eigenvalue weighted by atomic mass is 10.1. The van der Waals surface area contributed by atoms with Crippen LogP contribution in [0.3, 0.4) is 0 Å². The zero-order valence-electron chi connectivity index (χ0n) is 17.6. The SMILES string of the molecule is O=C(NN=Cc1cccc([N+](=O)[O-])c1)C(=Cc1ccc2c(c1)OCO2)NC(=O)c1ccccc1. The Labute approximate surface area is 193 Å². The smallest absolute Gasteiger partial charge is 0.287 e. The molecule has 0 saturated carbocycles. The topological polar surface area (TPSA) is 132 Å². The highest BCUT2D eigenvalue weighted by Gasteiger charge is 2.17. The molecule has 0 radical (unpaired) electrons. The van der Waals surface area contributed by atoms with Crippen LogP contribution in [0.15, 0.2) is 83.6 Å². The van der Waals surface area contributed by atoms with E-state index in [1.54, 1.807) is 54.6 Å². The normalized spacial score (nSPS) is 12.4. The Morgan fingerprint density at radius 1 is 0.941 bits per heavy atom. The Morgan fingerprint density at radius 3 is 2.53 bits per heavy atom. The number of hydrazone groups is 1. The van der Waals surface area contributed by atoms with Gasteiger partial charge in [-0.25, -0.2) is 5.43 Å². The van der Waals surface area contributed by atoms with E-state index in [-0.39, 0.29) is 18.2 Å². The molecule has 0 aromatic heterocycles. The van der Waals surface area contributed by atoms with Crippen molar-refractivity contribution in [2.75, 3.05) is 6.79 Å². The van der Waals surface area contributed by atoms with Gasteiger partial charge in [0.2, 0.25) is 6.79 Å². The summed E-state index contributed by atoms with van der Waals surface area (Å²) in [7, 11) is 0. The predicted octanol–water partition coefficient (Wildman–Crippen LogP) is 3.24. The first-order valence-corrected chi connectivity index (χ1v) is 10.1. The summed E-state index contributed by atoms with van der Waals surface area (Å²) in [4.78, 5) is 35.9. The van der Waals surface area contributed by atoms with Crippen LogP contribution in [0.5, 0.6) is 11.5 Å².